The Morgan fingerprint density at radius 2 is 1.10 bits per heavy atom. The molecule has 4 aromatic rings. The largest absolute Gasteiger partial charge is 0.283 e. The molecule has 4 aromatic carbocycles. The van der Waals surface area contributed by atoms with Crippen LogP contribution in [0, 0.1) is 10.1 Å². The van der Waals surface area contributed by atoms with Crippen molar-refractivity contribution in [2.75, 3.05) is 0 Å². The van der Waals surface area contributed by atoms with Gasteiger partial charge in [0.05, 0.1) is 9.82 Å². The Morgan fingerprint density at radius 1 is 0.621 bits per heavy atom. The average Bonchev–Trinajstić information content (AvgIpc) is 2.77. The van der Waals surface area contributed by atoms with E-state index in [1.165, 1.54) is 34.5 Å². The van der Waals surface area contributed by atoms with Gasteiger partial charge in [0, 0.05) is 16.9 Å². The van der Waals surface area contributed by atoms with E-state index in [2.05, 4.69) is 60.7 Å². The number of nitrogens with zero attached hydrogens (tertiary/aromatic N) is 1. The molecule has 0 aromatic heterocycles. The summed E-state index contributed by atoms with van der Waals surface area (Å²) in [5, 5.41) is 11.3. The summed E-state index contributed by atoms with van der Waals surface area (Å²) in [6.07, 6.45) is 0. The van der Waals surface area contributed by atoms with Gasteiger partial charge in [0.15, 0.2) is 0 Å². The number of benzene rings is 4. The van der Waals surface area contributed by atoms with E-state index in [4.69, 9.17) is 0 Å². The third kappa shape index (κ3) is 4.39. The second-order valence-corrected chi connectivity index (χ2v) is 7.77. The number of rotatable bonds is 6. The predicted octanol–water partition coefficient (Wildman–Crippen LogP) is 6.93. The summed E-state index contributed by atoms with van der Waals surface area (Å²) in [6.45, 7) is 0. The van der Waals surface area contributed by atoms with E-state index >= 15 is 0 Å². The van der Waals surface area contributed by atoms with Gasteiger partial charge in [0.25, 0.3) is 5.69 Å². The maximum Gasteiger partial charge on any atom is 0.283 e. The third-order valence-corrected chi connectivity index (χ3v) is 5.84. The molecule has 4 heteroatoms. The van der Waals surface area contributed by atoms with Crippen LogP contribution >= 0.6 is 11.8 Å². The molecule has 0 saturated heterocycles. The fourth-order valence-corrected chi connectivity index (χ4v) is 4.34. The Hall–Kier alpha value is -3.37. The summed E-state index contributed by atoms with van der Waals surface area (Å²) in [7, 11) is 0. The van der Waals surface area contributed by atoms with Crippen LogP contribution in [0.2, 0.25) is 0 Å². The first-order valence-electron chi connectivity index (χ1n) is 9.33. The summed E-state index contributed by atoms with van der Waals surface area (Å²) < 4.78 is 0. The van der Waals surface area contributed by atoms with Crippen molar-refractivity contribution in [3.05, 3.63) is 136 Å². The zero-order valence-electron chi connectivity index (χ0n) is 15.6. The molecule has 0 fully saturated rings. The number of para-hydroxylation sites is 1. The Labute approximate surface area is 174 Å². The molecular weight excluding hydrogens is 378 g/mol. The first kappa shape index (κ1) is 19.0. The third-order valence-electron chi connectivity index (χ3n) is 4.77. The zero-order chi connectivity index (χ0) is 20.1. The molecule has 0 heterocycles. The van der Waals surface area contributed by atoms with Crippen LogP contribution in [0.25, 0.3) is 0 Å². The molecule has 0 saturated carbocycles. The highest BCUT2D eigenvalue weighted by atomic mass is 32.2. The second kappa shape index (κ2) is 8.76. The van der Waals surface area contributed by atoms with E-state index in [0.29, 0.717) is 4.90 Å². The molecule has 4 rings (SSSR count). The quantitative estimate of drug-likeness (QED) is 0.201. The highest BCUT2D eigenvalue weighted by molar-refractivity contribution is 7.99. The van der Waals surface area contributed by atoms with Crippen molar-refractivity contribution in [1.82, 2.24) is 0 Å². The summed E-state index contributed by atoms with van der Waals surface area (Å²) >= 11 is 1.41. The van der Waals surface area contributed by atoms with Crippen LogP contribution in [-0.2, 0) is 0 Å². The van der Waals surface area contributed by atoms with E-state index in [9.17, 15) is 10.1 Å². The van der Waals surface area contributed by atoms with Crippen molar-refractivity contribution in [2.45, 2.75) is 15.7 Å². The average molecular weight is 397 g/mol. The number of hydrogen-bond donors (Lipinski definition) is 0. The zero-order valence-corrected chi connectivity index (χ0v) is 16.5. The monoisotopic (exact) mass is 397 g/mol. The Morgan fingerprint density at radius 3 is 1.66 bits per heavy atom. The molecule has 0 aliphatic heterocycles. The molecule has 0 amide bonds. The van der Waals surface area contributed by atoms with Crippen LogP contribution in [0.15, 0.2) is 119 Å². The molecule has 0 radical (unpaired) electrons. The van der Waals surface area contributed by atoms with E-state index in [-0.39, 0.29) is 16.5 Å². The van der Waals surface area contributed by atoms with Gasteiger partial charge < -0.3 is 0 Å². The molecule has 0 N–H and O–H groups in total. The smallest absolute Gasteiger partial charge is 0.258 e. The van der Waals surface area contributed by atoms with Crippen molar-refractivity contribution in [3.8, 4) is 0 Å². The van der Waals surface area contributed by atoms with Crippen molar-refractivity contribution in [2.24, 2.45) is 0 Å². The number of hydrogen-bond acceptors (Lipinski definition) is 3. The Balaban J connectivity index is 1.66. The highest BCUT2D eigenvalue weighted by Crippen LogP contribution is 2.37. The van der Waals surface area contributed by atoms with Gasteiger partial charge in [0.1, 0.15) is 0 Å². The molecule has 0 atom stereocenters. The minimum Gasteiger partial charge on any atom is -0.258 e. The lowest BCUT2D eigenvalue weighted by Crippen LogP contribution is -2.03. The van der Waals surface area contributed by atoms with Crippen molar-refractivity contribution in [1.29, 1.82) is 0 Å². The Kier molecular flexibility index (Phi) is 5.73. The van der Waals surface area contributed by atoms with Crippen LogP contribution in [0.3, 0.4) is 0 Å². The molecule has 0 aliphatic rings. The van der Waals surface area contributed by atoms with E-state index in [1.807, 2.05) is 30.3 Å². The summed E-state index contributed by atoms with van der Waals surface area (Å²) in [4.78, 5) is 12.5. The van der Waals surface area contributed by atoms with Crippen LogP contribution < -0.4 is 0 Å². The molecule has 0 spiro atoms. The molecule has 0 bridgehead atoms. The van der Waals surface area contributed by atoms with Crippen molar-refractivity contribution >= 4 is 17.4 Å². The molecule has 29 heavy (non-hydrogen) atoms. The SMILES string of the molecule is O=[N+]([O-])c1ccccc1Sc1ccc(C(c2ccccc2)c2ccccc2)cc1. The summed E-state index contributed by atoms with van der Waals surface area (Å²) in [5.41, 5.74) is 3.79. The van der Waals surface area contributed by atoms with E-state index in [0.717, 1.165) is 4.90 Å². The fourth-order valence-electron chi connectivity index (χ4n) is 3.42. The number of nitro benzene ring substituents is 1. The summed E-state index contributed by atoms with van der Waals surface area (Å²) in [5.74, 6) is 0.141. The van der Waals surface area contributed by atoms with Gasteiger partial charge in [0.2, 0.25) is 0 Å². The highest BCUT2D eigenvalue weighted by Gasteiger charge is 2.17. The van der Waals surface area contributed by atoms with E-state index < -0.39 is 0 Å². The normalized spacial score (nSPS) is 10.8. The Bertz CT molecular complexity index is 1060. The first-order valence-corrected chi connectivity index (χ1v) is 10.1. The lowest BCUT2D eigenvalue weighted by Gasteiger charge is -2.19. The van der Waals surface area contributed by atoms with Crippen LogP contribution in [0.1, 0.15) is 22.6 Å². The second-order valence-electron chi connectivity index (χ2n) is 6.65. The predicted molar refractivity (Wildman–Crippen MR) is 117 cm³/mol. The molecule has 3 nitrogen and oxygen atoms in total. The van der Waals surface area contributed by atoms with Gasteiger partial charge in [-0.05, 0) is 34.9 Å². The van der Waals surface area contributed by atoms with Gasteiger partial charge >= 0.3 is 0 Å². The fraction of sp³-hybridized carbons (Fsp3) is 0.0400. The van der Waals surface area contributed by atoms with Gasteiger partial charge in [-0.2, -0.15) is 0 Å². The minimum atomic E-state index is -0.336. The van der Waals surface area contributed by atoms with Crippen LogP contribution in [-0.4, -0.2) is 4.92 Å². The van der Waals surface area contributed by atoms with Crippen LogP contribution in [0.4, 0.5) is 5.69 Å². The molecule has 142 valence electrons. The van der Waals surface area contributed by atoms with Crippen LogP contribution in [0.5, 0.6) is 0 Å². The lowest BCUT2D eigenvalue weighted by atomic mass is 9.85. The lowest BCUT2D eigenvalue weighted by molar-refractivity contribution is -0.387. The maximum absolute atomic E-state index is 11.3. The molecule has 0 unspecified atom stereocenters. The maximum atomic E-state index is 11.3. The number of nitro groups is 1. The summed E-state index contributed by atoms with van der Waals surface area (Å²) in [6, 6.07) is 36.0. The standard InChI is InChI=1S/C25H19NO2S/c27-26(28)23-13-7-8-14-24(23)29-22-17-15-21(16-18-22)25(19-9-3-1-4-10-19)20-11-5-2-6-12-20/h1-18,25H. The molecular formula is C25H19NO2S. The van der Waals surface area contributed by atoms with Gasteiger partial charge in [-0.15, -0.1) is 0 Å². The molecule has 0 aliphatic carbocycles. The van der Waals surface area contributed by atoms with E-state index in [1.54, 1.807) is 12.1 Å². The van der Waals surface area contributed by atoms with Crippen molar-refractivity contribution in [3.63, 3.8) is 0 Å². The minimum absolute atomic E-state index is 0.132. The van der Waals surface area contributed by atoms with Gasteiger partial charge in [-0.3, -0.25) is 10.1 Å². The topological polar surface area (TPSA) is 43.1 Å². The first-order chi connectivity index (χ1) is 14.2. The van der Waals surface area contributed by atoms with Gasteiger partial charge in [-0.1, -0.05) is 96.7 Å². The van der Waals surface area contributed by atoms with Crippen molar-refractivity contribution < 1.29 is 4.92 Å². The van der Waals surface area contributed by atoms with Gasteiger partial charge in [-0.25, -0.2) is 0 Å².